The number of rotatable bonds is 3. The third-order valence-electron chi connectivity index (χ3n) is 4.14. The van der Waals surface area contributed by atoms with Crippen LogP contribution < -0.4 is 4.74 Å². The highest BCUT2D eigenvalue weighted by Gasteiger charge is 2.17. The molecule has 0 amide bonds. The lowest BCUT2D eigenvalue weighted by atomic mass is 9.98. The van der Waals surface area contributed by atoms with Crippen LogP contribution in [0.15, 0.2) is 78.9 Å². The maximum Gasteiger partial charge on any atom is 0.128 e. The molecule has 1 heterocycles. The summed E-state index contributed by atoms with van der Waals surface area (Å²) in [6, 6.07) is 27.0. The Kier molecular flexibility index (Phi) is 3.35. The first-order chi connectivity index (χ1) is 11.4. The zero-order valence-corrected chi connectivity index (χ0v) is 12.9. The van der Waals surface area contributed by atoms with Crippen LogP contribution in [-0.4, -0.2) is 12.1 Å². The molecule has 0 bridgehead atoms. The molecule has 1 N–H and O–H groups in total. The summed E-state index contributed by atoms with van der Waals surface area (Å²) in [5, 5.41) is 1.22. The van der Waals surface area contributed by atoms with Gasteiger partial charge in [0.1, 0.15) is 5.75 Å². The molecule has 23 heavy (non-hydrogen) atoms. The zero-order valence-electron chi connectivity index (χ0n) is 12.9. The smallest absolute Gasteiger partial charge is 0.128 e. The SMILES string of the molecule is COc1ccccc1-c1[nH]c2ccccc2c1-c1ccccc1. The second kappa shape index (κ2) is 5.65. The van der Waals surface area contributed by atoms with Crippen molar-refractivity contribution in [1.82, 2.24) is 4.98 Å². The number of para-hydroxylation sites is 2. The van der Waals surface area contributed by atoms with Crippen LogP contribution in [0.1, 0.15) is 0 Å². The summed E-state index contributed by atoms with van der Waals surface area (Å²) in [6.07, 6.45) is 0. The highest BCUT2D eigenvalue weighted by atomic mass is 16.5. The van der Waals surface area contributed by atoms with Crippen molar-refractivity contribution in [2.24, 2.45) is 0 Å². The summed E-state index contributed by atoms with van der Waals surface area (Å²) in [7, 11) is 1.71. The van der Waals surface area contributed by atoms with Crippen LogP contribution in [0, 0.1) is 0 Å². The lowest BCUT2D eigenvalue weighted by molar-refractivity contribution is 0.416. The van der Waals surface area contributed by atoms with Gasteiger partial charge in [0.25, 0.3) is 0 Å². The number of aromatic amines is 1. The largest absolute Gasteiger partial charge is 0.496 e. The lowest BCUT2D eigenvalue weighted by Gasteiger charge is -2.10. The Hall–Kier alpha value is -3.00. The third-order valence-corrected chi connectivity index (χ3v) is 4.14. The average molecular weight is 299 g/mol. The molecule has 4 aromatic rings. The molecule has 1 aromatic heterocycles. The van der Waals surface area contributed by atoms with Gasteiger partial charge in [0, 0.05) is 22.0 Å². The Morgan fingerprint density at radius 3 is 2.26 bits per heavy atom. The zero-order chi connectivity index (χ0) is 15.6. The molecule has 0 aliphatic rings. The van der Waals surface area contributed by atoms with E-state index in [-0.39, 0.29) is 0 Å². The van der Waals surface area contributed by atoms with Gasteiger partial charge in [0.05, 0.1) is 12.8 Å². The van der Waals surface area contributed by atoms with E-state index < -0.39 is 0 Å². The fourth-order valence-corrected chi connectivity index (χ4v) is 3.10. The Labute approximate surface area is 135 Å². The van der Waals surface area contributed by atoms with Crippen molar-refractivity contribution >= 4 is 10.9 Å². The van der Waals surface area contributed by atoms with Crippen LogP contribution in [0.2, 0.25) is 0 Å². The van der Waals surface area contributed by atoms with Crippen molar-refractivity contribution < 1.29 is 4.74 Å². The highest BCUT2D eigenvalue weighted by molar-refractivity contribution is 6.04. The minimum atomic E-state index is 0.872. The maximum absolute atomic E-state index is 5.57. The number of methoxy groups -OCH3 is 1. The standard InChI is InChI=1S/C21H17NO/c1-23-19-14-8-6-12-17(19)21-20(15-9-3-2-4-10-15)16-11-5-7-13-18(16)22-21/h2-14,22H,1H3. The summed E-state index contributed by atoms with van der Waals surface area (Å²) >= 11 is 0. The third kappa shape index (κ3) is 2.29. The molecule has 0 unspecified atom stereocenters. The van der Waals surface area contributed by atoms with Crippen molar-refractivity contribution in [2.75, 3.05) is 7.11 Å². The van der Waals surface area contributed by atoms with Crippen LogP contribution in [0.3, 0.4) is 0 Å². The molecule has 0 aliphatic carbocycles. The molecule has 112 valence electrons. The van der Waals surface area contributed by atoms with E-state index in [2.05, 4.69) is 59.6 Å². The second-order valence-corrected chi connectivity index (χ2v) is 5.49. The van der Waals surface area contributed by atoms with Crippen molar-refractivity contribution in [2.45, 2.75) is 0 Å². The molecule has 0 radical (unpaired) electrons. The lowest BCUT2D eigenvalue weighted by Crippen LogP contribution is -1.89. The van der Waals surface area contributed by atoms with Gasteiger partial charge in [-0.1, -0.05) is 60.7 Å². The predicted molar refractivity (Wildman–Crippen MR) is 95.7 cm³/mol. The van der Waals surface area contributed by atoms with Gasteiger partial charge in [-0.05, 0) is 23.8 Å². The van der Waals surface area contributed by atoms with E-state index in [4.69, 9.17) is 4.74 Å². The normalized spacial score (nSPS) is 10.8. The molecule has 3 aromatic carbocycles. The van der Waals surface area contributed by atoms with Gasteiger partial charge in [0.15, 0.2) is 0 Å². The molecule has 0 spiro atoms. The van der Waals surface area contributed by atoms with Crippen molar-refractivity contribution in [3.63, 3.8) is 0 Å². The number of fused-ring (bicyclic) bond motifs is 1. The van der Waals surface area contributed by atoms with Crippen LogP contribution in [0.4, 0.5) is 0 Å². The fourth-order valence-electron chi connectivity index (χ4n) is 3.10. The summed E-state index contributed by atoms with van der Waals surface area (Å²) in [5.41, 5.74) is 5.71. The van der Waals surface area contributed by atoms with Gasteiger partial charge < -0.3 is 9.72 Å². The van der Waals surface area contributed by atoms with Crippen LogP contribution in [0.25, 0.3) is 33.3 Å². The fraction of sp³-hybridized carbons (Fsp3) is 0.0476. The molecule has 0 fully saturated rings. The second-order valence-electron chi connectivity index (χ2n) is 5.49. The van der Waals surface area contributed by atoms with Crippen molar-refractivity contribution in [3.8, 4) is 28.1 Å². The topological polar surface area (TPSA) is 25.0 Å². The summed E-state index contributed by atoms with van der Waals surface area (Å²) in [5.74, 6) is 0.872. The Balaban J connectivity index is 2.07. The Bertz CT molecular complexity index is 954. The van der Waals surface area contributed by atoms with Gasteiger partial charge in [-0.25, -0.2) is 0 Å². The first-order valence-corrected chi connectivity index (χ1v) is 7.68. The molecule has 0 saturated heterocycles. The number of H-pyrrole nitrogens is 1. The van der Waals surface area contributed by atoms with E-state index in [1.165, 1.54) is 16.5 Å². The van der Waals surface area contributed by atoms with Crippen molar-refractivity contribution in [3.05, 3.63) is 78.9 Å². The number of benzene rings is 3. The van der Waals surface area contributed by atoms with E-state index >= 15 is 0 Å². The molecule has 0 saturated carbocycles. The highest BCUT2D eigenvalue weighted by Crippen LogP contribution is 2.41. The Morgan fingerprint density at radius 2 is 1.43 bits per heavy atom. The number of ether oxygens (including phenoxy) is 1. The molecule has 0 aliphatic heterocycles. The van der Waals surface area contributed by atoms with Gasteiger partial charge in [-0.3, -0.25) is 0 Å². The van der Waals surface area contributed by atoms with Gasteiger partial charge in [-0.15, -0.1) is 0 Å². The van der Waals surface area contributed by atoms with Gasteiger partial charge in [-0.2, -0.15) is 0 Å². The van der Waals surface area contributed by atoms with Crippen LogP contribution >= 0.6 is 0 Å². The molecular formula is C21H17NO. The van der Waals surface area contributed by atoms with Gasteiger partial charge >= 0.3 is 0 Å². The van der Waals surface area contributed by atoms with E-state index in [0.29, 0.717) is 0 Å². The number of hydrogen-bond acceptors (Lipinski definition) is 1. The minimum absolute atomic E-state index is 0.872. The minimum Gasteiger partial charge on any atom is -0.496 e. The quantitative estimate of drug-likeness (QED) is 0.530. The molecule has 0 atom stereocenters. The Morgan fingerprint density at radius 1 is 0.739 bits per heavy atom. The predicted octanol–water partition coefficient (Wildman–Crippen LogP) is 5.51. The first-order valence-electron chi connectivity index (χ1n) is 7.68. The van der Waals surface area contributed by atoms with E-state index in [1.54, 1.807) is 7.11 Å². The summed E-state index contributed by atoms with van der Waals surface area (Å²) < 4.78 is 5.57. The number of hydrogen-bond donors (Lipinski definition) is 1. The van der Waals surface area contributed by atoms with Crippen LogP contribution in [-0.2, 0) is 0 Å². The first kappa shape index (κ1) is 13.6. The van der Waals surface area contributed by atoms with E-state index in [0.717, 1.165) is 22.5 Å². The van der Waals surface area contributed by atoms with Crippen molar-refractivity contribution in [1.29, 1.82) is 0 Å². The molecule has 2 heteroatoms. The van der Waals surface area contributed by atoms with Crippen LogP contribution in [0.5, 0.6) is 5.75 Å². The van der Waals surface area contributed by atoms with E-state index in [9.17, 15) is 0 Å². The summed E-state index contributed by atoms with van der Waals surface area (Å²) in [4.78, 5) is 3.57. The number of nitrogens with one attached hydrogen (secondary N) is 1. The molecule has 4 rings (SSSR count). The molecule has 2 nitrogen and oxygen atoms in total. The monoisotopic (exact) mass is 299 g/mol. The molecular weight excluding hydrogens is 282 g/mol. The van der Waals surface area contributed by atoms with E-state index in [1.807, 2.05) is 24.3 Å². The number of aromatic nitrogens is 1. The maximum atomic E-state index is 5.57. The summed E-state index contributed by atoms with van der Waals surface area (Å²) in [6.45, 7) is 0. The average Bonchev–Trinajstić information content (AvgIpc) is 3.01. The van der Waals surface area contributed by atoms with Gasteiger partial charge in [0.2, 0.25) is 0 Å².